The highest BCUT2D eigenvalue weighted by atomic mass is 19.3. The van der Waals surface area contributed by atoms with Gasteiger partial charge in [-0.3, -0.25) is 9.78 Å². The topological polar surface area (TPSA) is 101 Å². The van der Waals surface area contributed by atoms with Crippen LogP contribution in [0.3, 0.4) is 0 Å². The maximum Gasteiger partial charge on any atom is 0.314 e. The number of benzene rings is 1. The zero-order chi connectivity index (χ0) is 25.9. The van der Waals surface area contributed by atoms with Crippen molar-refractivity contribution in [2.24, 2.45) is 0 Å². The molecule has 1 N–H and O–H groups in total. The van der Waals surface area contributed by atoms with E-state index in [4.69, 9.17) is 4.42 Å². The van der Waals surface area contributed by atoms with E-state index in [2.05, 4.69) is 20.5 Å². The number of carbonyl (C=O) groups excluding carboxylic acids is 2. The van der Waals surface area contributed by atoms with Crippen molar-refractivity contribution >= 4 is 12.2 Å². The fourth-order valence-electron chi connectivity index (χ4n) is 4.36. The van der Waals surface area contributed by atoms with Gasteiger partial charge in [-0.1, -0.05) is 12.1 Å². The molecule has 1 fully saturated rings. The first-order chi connectivity index (χ1) is 17.2. The molecule has 10 heteroatoms. The monoisotopic (exact) mass is 497 g/mol. The lowest BCUT2D eigenvalue weighted by Gasteiger charge is -2.28. The lowest BCUT2D eigenvalue weighted by atomic mass is 9.79. The summed E-state index contributed by atoms with van der Waals surface area (Å²) in [7, 11) is 1.67. The molecule has 0 unspecified atom stereocenters. The largest absolute Gasteiger partial charge is 0.415 e. The summed E-state index contributed by atoms with van der Waals surface area (Å²) < 4.78 is 30.3. The summed E-state index contributed by atoms with van der Waals surface area (Å²) in [6, 6.07) is 9.12. The van der Waals surface area contributed by atoms with E-state index in [0.29, 0.717) is 28.3 Å². The Bertz CT molecular complexity index is 1220. The zero-order valence-corrected chi connectivity index (χ0v) is 20.5. The van der Waals surface area contributed by atoms with Gasteiger partial charge >= 0.3 is 6.43 Å². The summed E-state index contributed by atoms with van der Waals surface area (Å²) in [4.78, 5) is 31.2. The molecule has 190 valence electrons. The average Bonchev–Trinajstić information content (AvgIpc) is 3.40. The molecule has 3 heterocycles. The third-order valence-corrected chi connectivity index (χ3v) is 6.52. The predicted octanol–water partition coefficient (Wildman–Crippen LogP) is 4.28. The molecule has 1 aliphatic heterocycles. The molecule has 1 amide bonds. The minimum Gasteiger partial charge on any atom is -0.415 e. The maximum atomic E-state index is 13.4. The van der Waals surface area contributed by atoms with Gasteiger partial charge in [-0.25, -0.2) is 0 Å². The summed E-state index contributed by atoms with van der Waals surface area (Å²) in [5, 5.41) is 10.3. The van der Waals surface area contributed by atoms with Crippen LogP contribution < -0.4 is 5.32 Å². The molecule has 0 saturated carbocycles. The first kappa shape index (κ1) is 25.6. The van der Waals surface area contributed by atoms with Crippen LogP contribution in [0.15, 0.2) is 40.9 Å². The molecule has 1 saturated heterocycles. The highest BCUT2D eigenvalue weighted by molar-refractivity contribution is 5.97. The Morgan fingerprint density at radius 2 is 1.97 bits per heavy atom. The van der Waals surface area contributed by atoms with E-state index in [1.54, 1.807) is 19.2 Å². The number of aldehydes is 1. The normalized spacial score (nSPS) is 14.7. The highest BCUT2D eigenvalue weighted by Gasteiger charge is 2.29. The van der Waals surface area contributed by atoms with E-state index in [1.165, 1.54) is 11.1 Å². The van der Waals surface area contributed by atoms with Gasteiger partial charge in [0.1, 0.15) is 6.29 Å². The van der Waals surface area contributed by atoms with Crippen molar-refractivity contribution in [3.8, 4) is 11.5 Å². The number of nitrogens with one attached hydrogen (secondary N) is 1. The third-order valence-electron chi connectivity index (χ3n) is 6.52. The smallest absolute Gasteiger partial charge is 0.314 e. The fourth-order valence-corrected chi connectivity index (χ4v) is 4.36. The Balaban J connectivity index is 1.53. The van der Waals surface area contributed by atoms with Crippen LogP contribution in [0, 0.1) is 0 Å². The second-order valence-electron chi connectivity index (χ2n) is 9.61. The molecule has 3 aromatic rings. The van der Waals surface area contributed by atoms with E-state index in [1.807, 2.05) is 32.0 Å². The van der Waals surface area contributed by atoms with Gasteiger partial charge in [0.2, 0.25) is 5.89 Å². The van der Waals surface area contributed by atoms with Gasteiger partial charge in [0.25, 0.3) is 11.8 Å². The fraction of sp³-hybridized carbons (Fsp3) is 0.423. The Hall–Kier alpha value is -3.53. The molecule has 1 aromatic carbocycles. The number of pyridine rings is 1. The van der Waals surface area contributed by atoms with Gasteiger partial charge < -0.3 is 19.4 Å². The van der Waals surface area contributed by atoms with Crippen molar-refractivity contribution in [2.45, 2.75) is 51.0 Å². The van der Waals surface area contributed by atoms with Crippen LogP contribution in [0.5, 0.6) is 0 Å². The van der Waals surface area contributed by atoms with Gasteiger partial charge in [-0.05, 0) is 75.0 Å². The van der Waals surface area contributed by atoms with Crippen molar-refractivity contribution in [1.29, 1.82) is 0 Å². The van der Waals surface area contributed by atoms with Crippen LogP contribution in [0.4, 0.5) is 8.78 Å². The number of aromatic nitrogens is 3. The first-order valence-corrected chi connectivity index (χ1v) is 11.8. The molecule has 0 aliphatic carbocycles. The molecule has 8 nitrogen and oxygen atoms in total. The first-order valence-electron chi connectivity index (χ1n) is 11.8. The Kier molecular flexibility index (Phi) is 7.53. The highest BCUT2D eigenvalue weighted by Crippen LogP contribution is 2.32. The zero-order valence-electron chi connectivity index (χ0n) is 20.5. The number of rotatable bonds is 8. The molecule has 2 aromatic heterocycles. The number of alkyl halides is 2. The number of hydrogen-bond acceptors (Lipinski definition) is 7. The molecule has 4 rings (SSSR count). The summed E-state index contributed by atoms with van der Waals surface area (Å²) in [6.07, 6.45) is 1.50. The minimum atomic E-state index is -2.85. The SMILES string of the molecule is CN(Cc1ccc(-c2nnc(C(F)F)o2)cn1)C(=O)c1ccc(C2CCNCC2)cc1C(C)(C)C=O. The third kappa shape index (κ3) is 5.48. The van der Waals surface area contributed by atoms with Gasteiger partial charge in [0.15, 0.2) is 0 Å². The molecule has 0 spiro atoms. The van der Waals surface area contributed by atoms with Gasteiger partial charge in [-0.15, -0.1) is 10.2 Å². The number of nitrogens with zero attached hydrogens (tertiary/aromatic N) is 4. The second-order valence-corrected chi connectivity index (χ2v) is 9.61. The molecule has 0 bridgehead atoms. The summed E-state index contributed by atoms with van der Waals surface area (Å²) in [6.45, 7) is 5.74. The Morgan fingerprint density at radius 1 is 1.22 bits per heavy atom. The van der Waals surface area contributed by atoms with Crippen molar-refractivity contribution in [3.63, 3.8) is 0 Å². The second kappa shape index (κ2) is 10.6. The van der Waals surface area contributed by atoms with Crippen LogP contribution in [-0.4, -0.2) is 52.4 Å². The minimum absolute atomic E-state index is 0.0525. The standard InChI is InChI=1S/C26H29F2N5O3/c1-26(2,15-34)21-12-17(16-8-10-29-11-9-16)5-7-20(21)25(35)33(3)14-19-6-4-18(13-30-19)23-31-32-24(36-23)22(27)28/h4-7,12-13,15-16,22,29H,8-11,14H2,1-3H3. The van der Waals surface area contributed by atoms with Crippen LogP contribution >= 0.6 is 0 Å². The molecule has 1 aliphatic rings. The number of halogens is 2. The summed E-state index contributed by atoms with van der Waals surface area (Å²) in [5.74, 6) is -0.628. The van der Waals surface area contributed by atoms with Crippen LogP contribution in [-0.2, 0) is 16.8 Å². The lowest BCUT2D eigenvalue weighted by molar-refractivity contribution is -0.111. The maximum absolute atomic E-state index is 13.4. The van der Waals surface area contributed by atoms with E-state index < -0.39 is 17.7 Å². The van der Waals surface area contributed by atoms with Gasteiger partial charge in [0.05, 0.1) is 17.8 Å². The number of piperidine rings is 1. The van der Waals surface area contributed by atoms with Crippen molar-refractivity contribution < 1.29 is 22.8 Å². The van der Waals surface area contributed by atoms with Crippen molar-refractivity contribution in [1.82, 2.24) is 25.4 Å². The molecule has 36 heavy (non-hydrogen) atoms. The predicted molar refractivity (Wildman–Crippen MR) is 129 cm³/mol. The van der Waals surface area contributed by atoms with Crippen molar-refractivity contribution in [2.75, 3.05) is 20.1 Å². The molecule has 0 atom stereocenters. The van der Waals surface area contributed by atoms with Crippen LogP contribution in [0.2, 0.25) is 0 Å². The molecular weight excluding hydrogens is 468 g/mol. The summed E-state index contributed by atoms with van der Waals surface area (Å²) in [5.41, 5.74) is 2.50. The van der Waals surface area contributed by atoms with Crippen LogP contribution in [0.25, 0.3) is 11.5 Å². The van der Waals surface area contributed by atoms with Crippen LogP contribution in [0.1, 0.15) is 72.1 Å². The molecular formula is C26H29F2N5O3. The Morgan fingerprint density at radius 3 is 2.58 bits per heavy atom. The average molecular weight is 498 g/mol. The van der Waals surface area contributed by atoms with Gasteiger partial charge in [0, 0.05) is 24.2 Å². The number of carbonyl (C=O) groups is 2. The van der Waals surface area contributed by atoms with Gasteiger partial charge in [-0.2, -0.15) is 8.78 Å². The van der Waals surface area contributed by atoms with E-state index >= 15 is 0 Å². The summed E-state index contributed by atoms with van der Waals surface area (Å²) >= 11 is 0. The number of hydrogen-bond donors (Lipinski definition) is 1. The quantitative estimate of drug-likeness (QED) is 0.464. The van der Waals surface area contributed by atoms with Crippen molar-refractivity contribution in [3.05, 3.63) is 64.8 Å². The Labute approximate surface area is 208 Å². The number of amides is 1. The lowest BCUT2D eigenvalue weighted by Crippen LogP contribution is -2.31. The van der Waals surface area contributed by atoms with E-state index in [9.17, 15) is 18.4 Å². The van der Waals surface area contributed by atoms with E-state index in [-0.39, 0.29) is 18.3 Å². The van der Waals surface area contributed by atoms with E-state index in [0.717, 1.165) is 37.8 Å². The molecule has 0 radical (unpaired) electrons.